The second-order valence-electron chi connectivity index (χ2n) is 4.03. The maximum Gasteiger partial charge on any atom is 0.321 e. The maximum absolute atomic E-state index is 11.9. The van der Waals surface area contributed by atoms with Crippen molar-refractivity contribution in [3.05, 3.63) is 12.5 Å². The van der Waals surface area contributed by atoms with Crippen LogP contribution in [0.1, 0.15) is 26.2 Å². The highest BCUT2D eigenvalue weighted by Crippen LogP contribution is 2.08. The fourth-order valence-electron chi connectivity index (χ4n) is 1.42. The van der Waals surface area contributed by atoms with Gasteiger partial charge in [0.25, 0.3) is 10.0 Å². The summed E-state index contributed by atoms with van der Waals surface area (Å²) in [4.78, 5) is 14.7. The zero-order chi connectivity index (χ0) is 13.8. The van der Waals surface area contributed by atoms with Crippen LogP contribution >= 0.6 is 0 Å². The monoisotopic (exact) mass is 275 g/mol. The van der Waals surface area contributed by atoms with Crippen LogP contribution in [0, 0.1) is 0 Å². The predicted octanol–water partition coefficient (Wildman–Crippen LogP) is 0.342. The Kier molecular flexibility index (Phi) is 4.85. The van der Waals surface area contributed by atoms with Gasteiger partial charge in [-0.1, -0.05) is 19.8 Å². The summed E-state index contributed by atoms with van der Waals surface area (Å²) >= 11 is 0. The first kappa shape index (κ1) is 14.7. The van der Waals surface area contributed by atoms with E-state index in [9.17, 15) is 13.2 Å². The van der Waals surface area contributed by atoms with Crippen molar-refractivity contribution in [3.8, 4) is 0 Å². The number of sulfonamides is 1. The summed E-state index contributed by atoms with van der Waals surface area (Å²) in [5.41, 5.74) is 0. The van der Waals surface area contributed by atoms with Gasteiger partial charge in [0.1, 0.15) is 6.04 Å². The molecule has 0 spiro atoms. The Labute approximate surface area is 106 Å². The van der Waals surface area contributed by atoms with Crippen LogP contribution in [0.5, 0.6) is 0 Å². The van der Waals surface area contributed by atoms with Crippen LogP contribution in [0.4, 0.5) is 0 Å². The topological polar surface area (TPSA) is 101 Å². The molecule has 7 nitrogen and oxygen atoms in total. The maximum atomic E-state index is 11.9. The predicted molar refractivity (Wildman–Crippen MR) is 64.5 cm³/mol. The molecule has 0 aromatic carbocycles. The molecule has 1 atom stereocenters. The second-order valence-corrected chi connectivity index (χ2v) is 5.69. The molecule has 102 valence electrons. The number of imidazole rings is 1. The first-order valence-electron chi connectivity index (χ1n) is 5.60. The lowest BCUT2D eigenvalue weighted by Gasteiger charge is -2.12. The first-order valence-corrected chi connectivity index (χ1v) is 7.08. The number of aliphatic carboxylic acids is 1. The Hall–Kier alpha value is -1.41. The van der Waals surface area contributed by atoms with Crippen LogP contribution in [0.15, 0.2) is 17.6 Å². The summed E-state index contributed by atoms with van der Waals surface area (Å²) in [6.45, 7) is 1.91. The third kappa shape index (κ3) is 3.81. The van der Waals surface area contributed by atoms with Crippen molar-refractivity contribution in [1.82, 2.24) is 14.3 Å². The van der Waals surface area contributed by atoms with Crippen LogP contribution < -0.4 is 4.72 Å². The van der Waals surface area contributed by atoms with E-state index in [1.807, 2.05) is 6.92 Å². The minimum absolute atomic E-state index is 0.173. The minimum atomic E-state index is -3.88. The number of nitrogens with one attached hydrogen (secondary N) is 1. The lowest BCUT2D eigenvalue weighted by atomic mass is 10.1. The highest BCUT2D eigenvalue weighted by molar-refractivity contribution is 7.89. The summed E-state index contributed by atoms with van der Waals surface area (Å²) in [6, 6.07) is -1.11. The van der Waals surface area contributed by atoms with Gasteiger partial charge in [0, 0.05) is 13.2 Å². The van der Waals surface area contributed by atoms with Gasteiger partial charge >= 0.3 is 5.97 Å². The lowest BCUT2D eigenvalue weighted by molar-refractivity contribution is -0.139. The van der Waals surface area contributed by atoms with E-state index < -0.39 is 22.0 Å². The van der Waals surface area contributed by atoms with Crippen molar-refractivity contribution in [2.45, 2.75) is 37.3 Å². The van der Waals surface area contributed by atoms with Gasteiger partial charge in [-0.3, -0.25) is 4.79 Å². The van der Waals surface area contributed by atoms with E-state index in [0.29, 0.717) is 6.42 Å². The Bertz CT molecular complexity index is 509. The summed E-state index contributed by atoms with van der Waals surface area (Å²) < 4.78 is 27.4. The average molecular weight is 275 g/mol. The van der Waals surface area contributed by atoms with Crippen molar-refractivity contribution in [2.75, 3.05) is 0 Å². The molecule has 0 radical (unpaired) electrons. The van der Waals surface area contributed by atoms with Crippen LogP contribution in [-0.2, 0) is 21.9 Å². The fourth-order valence-corrected chi connectivity index (χ4v) is 2.62. The number of unbranched alkanes of at least 4 members (excludes halogenated alkanes) is 1. The normalized spacial score (nSPS) is 13.4. The molecule has 1 aromatic rings. The zero-order valence-corrected chi connectivity index (χ0v) is 11.1. The van der Waals surface area contributed by atoms with Crippen LogP contribution in [0.25, 0.3) is 0 Å². The van der Waals surface area contributed by atoms with Crippen molar-refractivity contribution >= 4 is 16.0 Å². The molecule has 1 rings (SSSR count). The van der Waals surface area contributed by atoms with E-state index in [4.69, 9.17) is 5.11 Å². The van der Waals surface area contributed by atoms with Gasteiger partial charge in [-0.25, -0.2) is 13.4 Å². The van der Waals surface area contributed by atoms with Gasteiger partial charge < -0.3 is 9.67 Å². The number of carboxylic acids is 1. The van der Waals surface area contributed by atoms with Gasteiger partial charge in [0.15, 0.2) is 5.03 Å². The van der Waals surface area contributed by atoms with Crippen LogP contribution in [-0.4, -0.2) is 35.1 Å². The molecule has 0 aliphatic heterocycles. The molecule has 0 aliphatic rings. The van der Waals surface area contributed by atoms with Crippen LogP contribution in [0.2, 0.25) is 0 Å². The number of hydrogen-bond donors (Lipinski definition) is 2. The number of carboxylic acid groups (broad SMARTS) is 1. The van der Waals surface area contributed by atoms with E-state index in [1.54, 1.807) is 7.05 Å². The van der Waals surface area contributed by atoms with Gasteiger partial charge in [0.05, 0.1) is 6.33 Å². The number of aryl methyl sites for hydroxylation is 1. The van der Waals surface area contributed by atoms with E-state index >= 15 is 0 Å². The Morgan fingerprint density at radius 2 is 2.28 bits per heavy atom. The SMILES string of the molecule is CCCC[C@H](NS(=O)(=O)c1cn(C)cn1)C(=O)O. The number of nitrogens with zero attached hydrogens (tertiary/aromatic N) is 2. The zero-order valence-electron chi connectivity index (χ0n) is 10.3. The molecule has 0 aliphatic carbocycles. The van der Waals surface area contributed by atoms with Gasteiger partial charge in [-0.2, -0.15) is 4.72 Å². The number of aromatic nitrogens is 2. The van der Waals surface area contributed by atoms with Gasteiger partial charge in [0.2, 0.25) is 0 Å². The Balaban J connectivity index is 2.82. The Morgan fingerprint density at radius 1 is 1.61 bits per heavy atom. The van der Waals surface area contributed by atoms with Gasteiger partial charge in [-0.15, -0.1) is 0 Å². The molecular formula is C10H17N3O4S. The molecule has 2 N–H and O–H groups in total. The molecule has 8 heteroatoms. The summed E-state index contributed by atoms with van der Waals surface area (Å²) in [6.07, 6.45) is 4.37. The van der Waals surface area contributed by atoms with E-state index in [-0.39, 0.29) is 11.4 Å². The molecule has 0 bridgehead atoms. The molecule has 0 saturated heterocycles. The van der Waals surface area contributed by atoms with Crippen molar-refractivity contribution < 1.29 is 18.3 Å². The minimum Gasteiger partial charge on any atom is -0.480 e. The largest absolute Gasteiger partial charge is 0.480 e. The van der Waals surface area contributed by atoms with Gasteiger partial charge in [-0.05, 0) is 6.42 Å². The van der Waals surface area contributed by atoms with Crippen molar-refractivity contribution in [3.63, 3.8) is 0 Å². The standard InChI is InChI=1S/C10H17N3O4S/c1-3-4-5-8(10(14)15)12-18(16,17)9-6-13(2)7-11-9/h6-8,12H,3-5H2,1-2H3,(H,14,15)/t8-/m0/s1. The van der Waals surface area contributed by atoms with E-state index in [1.165, 1.54) is 17.1 Å². The third-order valence-electron chi connectivity index (χ3n) is 2.40. The first-order chi connectivity index (χ1) is 8.36. The van der Waals surface area contributed by atoms with E-state index in [2.05, 4.69) is 9.71 Å². The van der Waals surface area contributed by atoms with Crippen molar-refractivity contribution in [2.24, 2.45) is 7.05 Å². The molecule has 0 fully saturated rings. The second kappa shape index (κ2) is 5.96. The molecule has 0 saturated carbocycles. The molecule has 0 amide bonds. The third-order valence-corrected chi connectivity index (χ3v) is 3.75. The number of carbonyl (C=O) groups is 1. The smallest absolute Gasteiger partial charge is 0.321 e. The Morgan fingerprint density at radius 3 is 2.72 bits per heavy atom. The fraction of sp³-hybridized carbons (Fsp3) is 0.600. The molecule has 18 heavy (non-hydrogen) atoms. The highest BCUT2D eigenvalue weighted by Gasteiger charge is 2.26. The summed E-state index contributed by atoms with van der Waals surface area (Å²) in [7, 11) is -2.24. The number of rotatable bonds is 7. The molecular weight excluding hydrogens is 258 g/mol. The molecule has 1 aromatic heterocycles. The van der Waals surface area contributed by atoms with Crippen LogP contribution in [0.3, 0.4) is 0 Å². The summed E-state index contributed by atoms with van der Waals surface area (Å²) in [5.74, 6) is -1.18. The summed E-state index contributed by atoms with van der Waals surface area (Å²) in [5, 5.41) is 8.79. The molecule has 0 unspecified atom stereocenters. The van der Waals surface area contributed by atoms with Crippen molar-refractivity contribution in [1.29, 1.82) is 0 Å². The number of hydrogen-bond acceptors (Lipinski definition) is 4. The lowest BCUT2D eigenvalue weighted by Crippen LogP contribution is -2.40. The quantitative estimate of drug-likeness (QED) is 0.747. The average Bonchev–Trinajstić information content (AvgIpc) is 2.71. The highest BCUT2D eigenvalue weighted by atomic mass is 32.2. The molecule has 1 heterocycles. The van der Waals surface area contributed by atoms with E-state index in [0.717, 1.165) is 6.42 Å².